The van der Waals surface area contributed by atoms with Crippen molar-refractivity contribution in [2.75, 3.05) is 7.11 Å². The number of carbonyl (C=O) groups is 1. The molecule has 3 rings (SSSR count). The highest BCUT2D eigenvalue weighted by molar-refractivity contribution is 7.98. The van der Waals surface area contributed by atoms with Crippen LogP contribution >= 0.6 is 23.1 Å². The minimum absolute atomic E-state index is 0.413. The molecule has 0 amide bonds. The number of ether oxygens (including phenoxy) is 1. The molecule has 0 fully saturated rings. The molecule has 0 aliphatic heterocycles. The average Bonchev–Trinajstić information content (AvgIpc) is 3.31. The number of nitrogens with zero attached hydrogens (tertiary/aromatic N) is 2. The summed E-state index contributed by atoms with van der Waals surface area (Å²) in [7, 11) is 1.34. The fourth-order valence-electron chi connectivity index (χ4n) is 1.82. The molecular weight excluding hydrogens is 334 g/mol. The lowest BCUT2D eigenvalue weighted by atomic mass is 10.3. The first-order valence-electron chi connectivity index (χ1n) is 6.67. The van der Waals surface area contributed by atoms with Gasteiger partial charge in [0.15, 0.2) is 0 Å². The molecule has 0 aromatic carbocycles. The molecule has 3 aromatic heterocycles. The normalized spacial score (nSPS) is 11.2. The Kier molecular flexibility index (Phi) is 4.94. The van der Waals surface area contributed by atoms with Gasteiger partial charge in [-0.25, -0.2) is 9.78 Å². The zero-order chi connectivity index (χ0) is 16.1. The number of nitrogens with one attached hydrogen (secondary N) is 1. The molecule has 1 N–H and O–H groups in total. The van der Waals surface area contributed by atoms with E-state index in [2.05, 4.69) is 15.2 Å². The predicted molar refractivity (Wildman–Crippen MR) is 89.2 cm³/mol. The molecule has 23 heavy (non-hydrogen) atoms. The number of rotatable bonds is 6. The Morgan fingerprint density at radius 3 is 3.17 bits per heavy atom. The molecule has 0 saturated heterocycles. The molecule has 0 saturated carbocycles. The summed E-state index contributed by atoms with van der Waals surface area (Å²) in [5, 5.41) is 9.60. The van der Waals surface area contributed by atoms with E-state index in [-0.39, 0.29) is 0 Å². The summed E-state index contributed by atoms with van der Waals surface area (Å²) in [6.07, 6.45) is 5.31. The van der Waals surface area contributed by atoms with E-state index in [1.807, 2.05) is 29.7 Å². The maximum absolute atomic E-state index is 11.6. The summed E-state index contributed by atoms with van der Waals surface area (Å²) >= 11 is 3.03. The zero-order valence-corrected chi connectivity index (χ0v) is 13.8. The van der Waals surface area contributed by atoms with Crippen LogP contribution in [0.2, 0.25) is 0 Å². The van der Waals surface area contributed by atoms with Crippen LogP contribution in [-0.2, 0) is 10.5 Å². The second-order valence-corrected chi connectivity index (χ2v) is 6.31. The first kappa shape index (κ1) is 15.6. The number of furan rings is 1. The molecule has 0 bridgehead atoms. The number of aromatic amines is 1. The van der Waals surface area contributed by atoms with Crippen molar-refractivity contribution in [3.63, 3.8) is 0 Å². The van der Waals surface area contributed by atoms with E-state index in [1.54, 1.807) is 17.4 Å². The molecule has 6 nitrogen and oxygen atoms in total. The SMILES string of the molecule is COC(=O)c1ccoc1CSc1n[nH]c(/C=C/c2cccs2)n1. The fraction of sp³-hybridized carbons (Fsp3) is 0.133. The Hall–Kier alpha value is -2.32. The minimum atomic E-state index is -0.413. The molecule has 0 spiro atoms. The summed E-state index contributed by atoms with van der Waals surface area (Å²) in [4.78, 5) is 17.1. The molecule has 3 aromatic rings. The summed E-state index contributed by atoms with van der Waals surface area (Å²) in [5.74, 6) is 1.25. The zero-order valence-electron chi connectivity index (χ0n) is 12.2. The van der Waals surface area contributed by atoms with Crippen LogP contribution in [0.4, 0.5) is 0 Å². The van der Waals surface area contributed by atoms with E-state index in [4.69, 9.17) is 9.15 Å². The van der Waals surface area contributed by atoms with Crippen LogP contribution in [0.3, 0.4) is 0 Å². The first-order chi connectivity index (χ1) is 11.3. The van der Waals surface area contributed by atoms with Crippen LogP contribution in [0, 0.1) is 0 Å². The van der Waals surface area contributed by atoms with E-state index < -0.39 is 5.97 Å². The van der Waals surface area contributed by atoms with Gasteiger partial charge in [-0.3, -0.25) is 5.10 Å². The van der Waals surface area contributed by atoms with Crippen molar-refractivity contribution in [3.05, 3.63) is 51.9 Å². The second kappa shape index (κ2) is 7.30. The number of esters is 1. The van der Waals surface area contributed by atoms with Gasteiger partial charge >= 0.3 is 5.97 Å². The first-order valence-corrected chi connectivity index (χ1v) is 8.54. The third kappa shape index (κ3) is 3.91. The number of methoxy groups -OCH3 is 1. The summed E-state index contributed by atoms with van der Waals surface area (Å²) in [6, 6.07) is 5.61. The molecule has 0 radical (unpaired) electrons. The maximum Gasteiger partial charge on any atom is 0.341 e. The van der Waals surface area contributed by atoms with Crippen molar-refractivity contribution in [3.8, 4) is 0 Å². The van der Waals surface area contributed by atoms with Crippen molar-refractivity contribution in [2.45, 2.75) is 10.9 Å². The number of thioether (sulfide) groups is 1. The number of thiophene rings is 1. The molecule has 0 unspecified atom stereocenters. The Bertz CT molecular complexity index is 806. The molecule has 0 aliphatic rings. The Morgan fingerprint density at radius 2 is 2.39 bits per heavy atom. The van der Waals surface area contributed by atoms with Crippen LogP contribution in [0.5, 0.6) is 0 Å². The third-order valence-electron chi connectivity index (χ3n) is 2.91. The van der Waals surface area contributed by atoms with Crippen LogP contribution in [-0.4, -0.2) is 28.3 Å². The lowest BCUT2D eigenvalue weighted by Gasteiger charge is -1.98. The van der Waals surface area contributed by atoms with Crippen molar-refractivity contribution < 1.29 is 13.9 Å². The topological polar surface area (TPSA) is 81.0 Å². The van der Waals surface area contributed by atoms with Gasteiger partial charge in [-0.15, -0.1) is 16.4 Å². The third-order valence-corrected chi connectivity index (χ3v) is 4.60. The quantitative estimate of drug-likeness (QED) is 0.541. The van der Waals surface area contributed by atoms with E-state index in [1.165, 1.54) is 25.1 Å². The van der Waals surface area contributed by atoms with Gasteiger partial charge in [0.2, 0.25) is 5.16 Å². The van der Waals surface area contributed by atoms with E-state index in [0.29, 0.717) is 28.1 Å². The van der Waals surface area contributed by atoms with Crippen LogP contribution < -0.4 is 0 Å². The van der Waals surface area contributed by atoms with Gasteiger partial charge in [0.05, 0.1) is 19.1 Å². The van der Waals surface area contributed by atoms with Gasteiger partial charge in [0.25, 0.3) is 0 Å². The van der Waals surface area contributed by atoms with Crippen molar-refractivity contribution in [1.82, 2.24) is 15.2 Å². The standard InChI is InChI=1S/C15H13N3O3S2/c1-20-14(19)11-6-7-21-12(11)9-23-15-16-13(17-18-15)5-4-10-3-2-8-22-10/h2-8H,9H2,1H3,(H,16,17,18)/b5-4+. The Morgan fingerprint density at radius 1 is 1.48 bits per heavy atom. The largest absolute Gasteiger partial charge is 0.468 e. The minimum Gasteiger partial charge on any atom is -0.468 e. The Balaban J connectivity index is 1.61. The van der Waals surface area contributed by atoms with Crippen LogP contribution in [0.25, 0.3) is 12.2 Å². The number of carbonyl (C=O) groups excluding carboxylic acids is 1. The highest BCUT2D eigenvalue weighted by atomic mass is 32.2. The highest BCUT2D eigenvalue weighted by Crippen LogP contribution is 2.23. The van der Waals surface area contributed by atoms with Gasteiger partial charge in [0.1, 0.15) is 17.1 Å². The van der Waals surface area contributed by atoms with Crippen molar-refractivity contribution in [2.24, 2.45) is 0 Å². The van der Waals surface area contributed by atoms with Gasteiger partial charge < -0.3 is 9.15 Å². The number of hydrogen-bond donors (Lipinski definition) is 1. The number of aromatic nitrogens is 3. The van der Waals surface area contributed by atoms with Crippen LogP contribution in [0.1, 0.15) is 26.8 Å². The summed E-state index contributed by atoms with van der Waals surface area (Å²) in [6.45, 7) is 0. The fourth-order valence-corrected chi connectivity index (χ4v) is 3.19. The van der Waals surface area contributed by atoms with Gasteiger partial charge in [0, 0.05) is 4.88 Å². The summed E-state index contributed by atoms with van der Waals surface area (Å²) < 4.78 is 10.0. The summed E-state index contributed by atoms with van der Waals surface area (Å²) in [5.41, 5.74) is 0.424. The van der Waals surface area contributed by atoms with E-state index in [9.17, 15) is 4.79 Å². The van der Waals surface area contributed by atoms with E-state index >= 15 is 0 Å². The monoisotopic (exact) mass is 347 g/mol. The predicted octanol–water partition coefficient (Wildman–Crippen LogP) is 3.71. The van der Waals surface area contributed by atoms with Crippen molar-refractivity contribution >= 4 is 41.2 Å². The number of hydrogen-bond acceptors (Lipinski definition) is 7. The molecule has 0 atom stereocenters. The molecule has 118 valence electrons. The average molecular weight is 347 g/mol. The highest BCUT2D eigenvalue weighted by Gasteiger charge is 2.15. The lowest BCUT2D eigenvalue weighted by Crippen LogP contribution is -2.02. The molecule has 0 aliphatic carbocycles. The van der Waals surface area contributed by atoms with Crippen LogP contribution in [0.15, 0.2) is 39.4 Å². The molecular formula is C15H13N3O3S2. The van der Waals surface area contributed by atoms with Gasteiger partial charge in [-0.1, -0.05) is 17.8 Å². The smallest absolute Gasteiger partial charge is 0.341 e. The van der Waals surface area contributed by atoms with Crippen molar-refractivity contribution in [1.29, 1.82) is 0 Å². The van der Waals surface area contributed by atoms with Gasteiger partial charge in [-0.2, -0.15) is 0 Å². The second-order valence-electron chi connectivity index (χ2n) is 4.39. The Labute approximate surface area is 140 Å². The number of H-pyrrole nitrogens is 1. The lowest BCUT2D eigenvalue weighted by molar-refractivity contribution is 0.0598. The molecule has 3 heterocycles. The maximum atomic E-state index is 11.6. The van der Waals surface area contributed by atoms with Gasteiger partial charge in [-0.05, 0) is 29.7 Å². The molecule has 8 heteroatoms. The van der Waals surface area contributed by atoms with E-state index in [0.717, 1.165) is 4.88 Å².